The van der Waals surface area contributed by atoms with Gasteiger partial charge in [0.05, 0.1) is 22.7 Å². The van der Waals surface area contributed by atoms with Crippen molar-refractivity contribution in [1.29, 1.82) is 0 Å². The van der Waals surface area contributed by atoms with E-state index in [0.29, 0.717) is 24.8 Å². The average molecular weight is 415 g/mol. The normalized spacial score (nSPS) is 16.9. The number of nitrogens with one attached hydrogen (secondary N) is 2. The van der Waals surface area contributed by atoms with E-state index in [1.807, 2.05) is 36.6 Å². The van der Waals surface area contributed by atoms with Crippen LogP contribution in [-0.4, -0.2) is 34.9 Å². The lowest BCUT2D eigenvalue weighted by molar-refractivity contribution is -0.121. The highest BCUT2D eigenvalue weighted by atomic mass is 32.1. The van der Waals surface area contributed by atoms with Gasteiger partial charge in [-0.15, -0.1) is 11.3 Å². The van der Waals surface area contributed by atoms with E-state index in [1.54, 1.807) is 16.2 Å². The van der Waals surface area contributed by atoms with E-state index >= 15 is 0 Å². The average Bonchev–Trinajstić information content (AvgIpc) is 3.35. The molecule has 1 aliphatic rings. The maximum Gasteiger partial charge on any atom is 0.317 e. The van der Waals surface area contributed by atoms with Crippen molar-refractivity contribution in [1.82, 2.24) is 15.2 Å². The number of hydrogen-bond acceptors (Lipinski definition) is 5. The Hall–Kier alpha value is -2.45. The molecule has 1 fully saturated rings. The molecule has 1 saturated heterocycles. The molecular formula is C20H22N4O2S2. The lowest BCUT2D eigenvalue weighted by Gasteiger charge is -2.31. The largest absolute Gasteiger partial charge is 0.333 e. The van der Waals surface area contributed by atoms with Gasteiger partial charge >= 0.3 is 6.03 Å². The highest BCUT2D eigenvalue weighted by molar-refractivity contribution is 7.22. The first kappa shape index (κ1) is 18.9. The van der Waals surface area contributed by atoms with Gasteiger partial charge in [0.1, 0.15) is 0 Å². The fourth-order valence-electron chi connectivity index (χ4n) is 3.36. The first-order valence-electron chi connectivity index (χ1n) is 9.32. The molecule has 2 aromatic heterocycles. The summed E-state index contributed by atoms with van der Waals surface area (Å²) in [6.07, 6.45) is 1.61. The minimum atomic E-state index is -0.213. The van der Waals surface area contributed by atoms with Crippen molar-refractivity contribution in [3.05, 3.63) is 46.2 Å². The first-order valence-corrected chi connectivity index (χ1v) is 11.0. The molecule has 0 radical (unpaired) electrons. The van der Waals surface area contributed by atoms with E-state index in [2.05, 4.69) is 21.7 Å². The van der Waals surface area contributed by atoms with Crippen LogP contribution in [0.1, 0.15) is 23.3 Å². The van der Waals surface area contributed by atoms with Gasteiger partial charge in [-0.1, -0.05) is 23.5 Å². The van der Waals surface area contributed by atoms with Gasteiger partial charge in [-0.2, -0.15) is 0 Å². The minimum Gasteiger partial charge on any atom is -0.333 e. The van der Waals surface area contributed by atoms with Crippen LogP contribution in [0.25, 0.3) is 10.2 Å². The summed E-state index contributed by atoms with van der Waals surface area (Å²) in [5.74, 6) is -0.276. The Kier molecular flexibility index (Phi) is 5.59. The van der Waals surface area contributed by atoms with Crippen LogP contribution in [0.2, 0.25) is 0 Å². The van der Waals surface area contributed by atoms with Gasteiger partial charge in [0, 0.05) is 18.0 Å². The van der Waals surface area contributed by atoms with Crippen LogP contribution in [0.4, 0.5) is 9.93 Å². The smallest absolute Gasteiger partial charge is 0.317 e. The molecule has 4 rings (SSSR count). The number of carbonyl (C=O) groups excluding carboxylic acids is 2. The molecular weight excluding hydrogens is 392 g/mol. The van der Waals surface area contributed by atoms with E-state index in [1.165, 1.54) is 16.9 Å². The number of rotatable bonds is 4. The summed E-state index contributed by atoms with van der Waals surface area (Å²) in [6, 6.07) is 9.91. The second-order valence-corrected chi connectivity index (χ2v) is 9.07. The number of benzene rings is 1. The van der Waals surface area contributed by atoms with Crippen LogP contribution in [0.15, 0.2) is 35.7 Å². The molecule has 2 N–H and O–H groups in total. The van der Waals surface area contributed by atoms with Gasteiger partial charge in [-0.05, 0) is 48.9 Å². The number of piperidine rings is 1. The molecule has 3 heterocycles. The molecule has 8 heteroatoms. The summed E-state index contributed by atoms with van der Waals surface area (Å²) < 4.78 is 1.06. The van der Waals surface area contributed by atoms with Crippen LogP contribution in [0, 0.1) is 12.8 Å². The molecule has 0 saturated carbocycles. The van der Waals surface area contributed by atoms with Crippen molar-refractivity contribution < 1.29 is 9.59 Å². The second-order valence-electron chi connectivity index (χ2n) is 7.00. The highest BCUT2D eigenvalue weighted by Crippen LogP contribution is 2.28. The standard InChI is InChI=1S/C20H22N4O2S2/c1-13-6-7-16-17(10-13)28-19(22-16)23-18(25)14-4-2-8-24(12-14)20(26)21-11-15-5-3-9-27-15/h3,5-7,9-10,14H,2,4,8,11-12H2,1H3,(H,21,26)(H,22,23,25). The Labute approximate surface area is 171 Å². The van der Waals surface area contributed by atoms with Crippen molar-refractivity contribution in [3.8, 4) is 0 Å². The Balaban J connectivity index is 1.35. The van der Waals surface area contributed by atoms with Gasteiger partial charge in [-0.25, -0.2) is 9.78 Å². The van der Waals surface area contributed by atoms with E-state index in [4.69, 9.17) is 0 Å². The van der Waals surface area contributed by atoms with Crippen molar-refractivity contribution in [2.45, 2.75) is 26.3 Å². The van der Waals surface area contributed by atoms with Gasteiger partial charge in [0.15, 0.2) is 5.13 Å². The molecule has 1 aliphatic heterocycles. The van der Waals surface area contributed by atoms with E-state index in [9.17, 15) is 9.59 Å². The van der Waals surface area contributed by atoms with Crippen molar-refractivity contribution >= 4 is 50.0 Å². The lowest BCUT2D eigenvalue weighted by atomic mass is 9.97. The van der Waals surface area contributed by atoms with Gasteiger partial charge < -0.3 is 15.5 Å². The van der Waals surface area contributed by atoms with E-state index in [0.717, 1.165) is 27.9 Å². The van der Waals surface area contributed by atoms with Crippen LogP contribution >= 0.6 is 22.7 Å². The molecule has 0 aliphatic carbocycles. The summed E-state index contributed by atoms with van der Waals surface area (Å²) in [5.41, 5.74) is 2.06. The van der Waals surface area contributed by atoms with Crippen LogP contribution < -0.4 is 10.6 Å². The summed E-state index contributed by atoms with van der Waals surface area (Å²) >= 11 is 3.10. The van der Waals surface area contributed by atoms with Crippen molar-refractivity contribution in [2.75, 3.05) is 18.4 Å². The monoisotopic (exact) mass is 414 g/mol. The number of nitrogens with zero attached hydrogens (tertiary/aromatic N) is 2. The lowest BCUT2D eigenvalue weighted by Crippen LogP contribution is -2.47. The number of amides is 3. The van der Waals surface area contributed by atoms with E-state index in [-0.39, 0.29) is 17.9 Å². The number of carbonyl (C=O) groups is 2. The molecule has 3 amide bonds. The minimum absolute atomic E-state index is 0.0634. The van der Waals surface area contributed by atoms with E-state index < -0.39 is 0 Å². The Morgan fingerprint density at radius 1 is 1.32 bits per heavy atom. The number of anilines is 1. The molecule has 0 spiro atoms. The predicted octanol–water partition coefficient (Wildman–Crippen LogP) is 4.23. The number of fused-ring (bicyclic) bond motifs is 1. The zero-order chi connectivity index (χ0) is 19.5. The fraction of sp³-hybridized carbons (Fsp3) is 0.350. The van der Waals surface area contributed by atoms with Crippen molar-refractivity contribution in [3.63, 3.8) is 0 Å². The Morgan fingerprint density at radius 3 is 3.04 bits per heavy atom. The number of hydrogen-bond donors (Lipinski definition) is 2. The SMILES string of the molecule is Cc1ccc2nc(NC(=O)C3CCCN(C(=O)NCc4cccs4)C3)sc2c1. The molecule has 6 nitrogen and oxygen atoms in total. The summed E-state index contributed by atoms with van der Waals surface area (Å²) in [7, 11) is 0. The van der Waals surface area contributed by atoms with Crippen molar-refractivity contribution in [2.24, 2.45) is 5.92 Å². The summed E-state index contributed by atoms with van der Waals surface area (Å²) in [5, 5.41) is 8.50. The predicted molar refractivity (Wildman–Crippen MR) is 114 cm³/mol. The first-order chi connectivity index (χ1) is 13.6. The van der Waals surface area contributed by atoms with Crippen LogP contribution in [0.5, 0.6) is 0 Å². The second kappa shape index (κ2) is 8.28. The maximum absolute atomic E-state index is 12.7. The number of thiophene rings is 1. The highest BCUT2D eigenvalue weighted by Gasteiger charge is 2.29. The van der Waals surface area contributed by atoms with Crippen LogP contribution in [0.3, 0.4) is 0 Å². The zero-order valence-electron chi connectivity index (χ0n) is 15.6. The van der Waals surface area contributed by atoms with Gasteiger partial charge in [0.25, 0.3) is 0 Å². The molecule has 1 atom stereocenters. The molecule has 28 heavy (non-hydrogen) atoms. The van der Waals surface area contributed by atoms with Gasteiger partial charge in [0.2, 0.25) is 5.91 Å². The Morgan fingerprint density at radius 2 is 2.21 bits per heavy atom. The third kappa shape index (κ3) is 4.34. The molecule has 1 aromatic carbocycles. The Bertz CT molecular complexity index is 983. The number of urea groups is 1. The third-order valence-corrected chi connectivity index (χ3v) is 6.66. The molecule has 146 valence electrons. The molecule has 1 unspecified atom stereocenters. The molecule has 0 bridgehead atoms. The molecule has 3 aromatic rings. The third-order valence-electron chi connectivity index (χ3n) is 4.85. The number of aromatic nitrogens is 1. The summed E-state index contributed by atoms with van der Waals surface area (Å²) in [4.78, 5) is 32.5. The quantitative estimate of drug-likeness (QED) is 0.671. The number of thiazole rings is 1. The maximum atomic E-state index is 12.7. The number of aryl methyl sites for hydroxylation is 1. The number of likely N-dealkylation sites (tertiary alicyclic amines) is 1. The zero-order valence-corrected chi connectivity index (χ0v) is 17.2. The topological polar surface area (TPSA) is 74.3 Å². The van der Waals surface area contributed by atoms with Crippen LogP contribution in [-0.2, 0) is 11.3 Å². The summed E-state index contributed by atoms with van der Waals surface area (Å²) in [6.45, 7) is 3.68. The van der Waals surface area contributed by atoms with Gasteiger partial charge in [-0.3, -0.25) is 4.79 Å². The fourth-order valence-corrected chi connectivity index (χ4v) is 4.97.